The van der Waals surface area contributed by atoms with Crippen molar-refractivity contribution in [3.63, 3.8) is 0 Å². The first kappa shape index (κ1) is 36.5. The molecule has 250 valence electrons. The van der Waals surface area contributed by atoms with Gasteiger partial charge in [-0.25, -0.2) is 0 Å². The first-order valence-corrected chi connectivity index (χ1v) is 14.6. The summed E-state index contributed by atoms with van der Waals surface area (Å²) in [6, 6.07) is 15.9. The van der Waals surface area contributed by atoms with Crippen LogP contribution >= 0.6 is 0 Å². The number of halogens is 3. The fraction of sp³-hybridized carbons (Fsp3) is 0.171. The zero-order valence-corrected chi connectivity index (χ0v) is 26.4. The Morgan fingerprint density at radius 2 is 1.67 bits per heavy atom. The first-order chi connectivity index (χ1) is 22.8. The molecule has 3 aromatic rings. The van der Waals surface area contributed by atoms with Crippen molar-refractivity contribution in [3.8, 4) is 0 Å². The van der Waals surface area contributed by atoms with E-state index in [1.54, 1.807) is 56.3 Å². The van der Waals surface area contributed by atoms with E-state index in [-0.39, 0.29) is 29.5 Å². The second-order valence-electron chi connectivity index (χ2n) is 10.3. The summed E-state index contributed by atoms with van der Waals surface area (Å²) < 4.78 is 39.5. The molecule has 0 radical (unpaired) electrons. The van der Waals surface area contributed by atoms with Crippen molar-refractivity contribution in [2.24, 2.45) is 9.98 Å². The Kier molecular flexibility index (Phi) is 13.0. The van der Waals surface area contributed by atoms with Gasteiger partial charge in [0.25, 0.3) is 5.91 Å². The molecule has 0 fully saturated rings. The van der Waals surface area contributed by atoms with Gasteiger partial charge in [-0.2, -0.15) is 13.2 Å². The molecule has 48 heavy (non-hydrogen) atoms. The monoisotopic (exact) mass is 659 g/mol. The molecule has 0 spiro atoms. The zero-order chi connectivity index (χ0) is 35.3. The minimum atomic E-state index is -4.49. The Balaban J connectivity index is 1.62. The molecule has 1 unspecified atom stereocenters. The van der Waals surface area contributed by atoms with Gasteiger partial charge in [-0.3, -0.25) is 24.4 Å². The molecule has 0 saturated carbocycles. The van der Waals surface area contributed by atoms with Crippen LogP contribution in [0.4, 0.5) is 30.2 Å². The van der Waals surface area contributed by atoms with Gasteiger partial charge in [0.05, 0.1) is 17.5 Å². The van der Waals surface area contributed by atoms with E-state index in [1.807, 2.05) is 0 Å². The van der Waals surface area contributed by atoms with Gasteiger partial charge in [0.1, 0.15) is 12.7 Å². The van der Waals surface area contributed by atoms with Crippen molar-refractivity contribution in [1.82, 2.24) is 10.6 Å². The van der Waals surface area contributed by atoms with E-state index in [2.05, 4.69) is 56.4 Å². The van der Waals surface area contributed by atoms with Crippen LogP contribution in [0.15, 0.2) is 108 Å². The molecule has 3 rings (SSSR count). The van der Waals surface area contributed by atoms with Gasteiger partial charge < -0.3 is 26.6 Å². The van der Waals surface area contributed by atoms with Gasteiger partial charge in [-0.05, 0) is 79.7 Å². The predicted molar refractivity (Wildman–Crippen MR) is 185 cm³/mol. The van der Waals surface area contributed by atoms with E-state index >= 15 is 0 Å². The van der Waals surface area contributed by atoms with E-state index in [1.165, 1.54) is 24.5 Å². The summed E-state index contributed by atoms with van der Waals surface area (Å²) in [5.41, 5.74) is 2.47. The summed E-state index contributed by atoms with van der Waals surface area (Å²) in [6.07, 6.45) is -0.285. The number of anilines is 3. The van der Waals surface area contributed by atoms with E-state index in [4.69, 9.17) is 0 Å². The number of nitrogens with one attached hydrogen (secondary N) is 5. The summed E-state index contributed by atoms with van der Waals surface area (Å²) >= 11 is 0. The average Bonchev–Trinajstić information content (AvgIpc) is 3.06. The van der Waals surface area contributed by atoms with Gasteiger partial charge in [-0.15, -0.1) is 0 Å². The van der Waals surface area contributed by atoms with Crippen LogP contribution in [0.1, 0.15) is 40.4 Å². The number of alkyl halides is 3. The molecule has 0 aliphatic heterocycles. The molecule has 10 nitrogen and oxygen atoms in total. The summed E-state index contributed by atoms with van der Waals surface area (Å²) in [6.45, 7) is 14.3. The summed E-state index contributed by atoms with van der Waals surface area (Å²) in [7, 11) is 0. The third-order valence-corrected chi connectivity index (χ3v) is 6.77. The van der Waals surface area contributed by atoms with E-state index in [0.29, 0.717) is 34.6 Å². The minimum absolute atomic E-state index is 0.102. The van der Waals surface area contributed by atoms with Crippen LogP contribution in [0, 0.1) is 6.92 Å². The van der Waals surface area contributed by atoms with Crippen molar-refractivity contribution in [2.75, 3.05) is 22.6 Å². The van der Waals surface area contributed by atoms with Crippen molar-refractivity contribution in [2.45, 2.75) is 32.5 Å². The molecule has 0 saturated heterocycles. The van der Waals surface area contributed by atoms with Crippen LogP contribution in [0.2, 0.25) is 0 Å². The predicted octanol–water partition coefficient (Wildman–Crippen LogP) is 6.53. The standard InChI is InChI=1S/C35H36F3N7O3/c1-6-31(45-32(46)7-2)34(48)43-27-13-9-12-26(17-27)41-21-40-20-29(19-39-5)44-33(47)30-18-28(15-14-22(30)3)42-23(4)24-10-8-11-25(16-24)35(36,37)38/h7-20,31,41-42H,2,4-6,21H2,1,3H3,(H,43,48)(H,44,47)(H,45,46)/b29-19+,40-20-. The van der Waals surface area contributed by atoms with Crippen molar-refractivity contribution in [3.05, 3.63) is 120 Å². The Morgan fingerprint density at radius 1 is 0.958 bits per heavy atom. The molecule has 1 atom stereocenters. The van der Waals surface area contributed by atoms with Crippen LogP contribution in [0.5, 0.6) is 0 Å². The van der Waals surface area contributed by atoms with Gasteiger partial charge in [-0.1, -0.05) is 44.3 Å². The van der Waals surface area contributed by atoms with Gasteiger partial charge in [0.15, 0.2) is 0 Å². The zero-order valence-electron chi connectivity index (χ0n) is 26.4. The number of carbonyl (C=O) groups excluding carboxylic acids is 3. The van der Waals surface area contributed by atoms with Crippen LogP contribution < -0.4 is 26.6 Å². The summed E-state index contributed by atoms with van der Waals surface area (Å²) in [4.78, 5) is 45.4. The summed E-state index contributed by atoms with van der Waals surface area (Å²) in [5, 5.41) is 14.1. The lowest BCUT2D eigenvalue weighted by Crippen LogP contribution is -2.42. The molecule has 0 heterocycles. The van der Waals surface area contributed by atoms with Gasteiger partial charge in [0.2, 0.25) is 11.8 Å². The molecular weight excluding hydrogens is 623 g/mol. The molecule has 0 aromatic heterocycles. The number of aryl methyl sites for hydroxylation is 1. The number of rotatable bonds is 15. The maximum absolute atomic E-state index is 13.2. The average molecular weight is 660 g/mol. The fourth-order valence-electron chi connectivity index (χ4n) is 4.27. The largest absolute Gasteiger partial charge is 0.416 e. The highest BCUT2D eigenvalue weighted by Crippen LogP contribution is 2.31. The van der Waals surface area contributed by atoms with Crippen LogP contribution in [0.25, 0.3) is 5.70 Å². The number of hydrogen-bond donors (Lipinski definition) is 5. The van der Waals surface area contributed by atoms with Crippen LogP contribution in [-0.2, 0) is 15.8 Å². The lowest BCUT2D eigenvalue weighted by Gasteiger charge is -2.16. The van der Waals surface area contributed by atoms with Crippen LogP contribution in [0.3, 0.4) is 0 Å². The third-order valence-electron chi connectivity index (χ3n) is 6.77. The first-order valence-electron chi connectivity index (χ1n) is 14.6. The molecule has 0 aliphatic carbocycles. The van der Waals surface area contributed by atoms with Gasteiger partial charge >= 0.3 is 6.18 Å². The SMILES string of the molecule is C=CC(=O)NC(CC)C(=O)Nc1cccc(NC/N=C\C(=C/N=C)NC(=O)c2cc(NC(=C)c3cccc(C(F)(F)F)c3)ccc2C)c1. The lowest BCUT2D eigenvalue weighted by molar-refractivity contribution is -0.137. The number of amides is 3. The van der Waals surface area contributed by atoms with Crippen LogP contribution in [-0.4, -0.2) is 43.4 Å². The molecule has 3 aromatic carbocycles. The Labute approximate surface area is 276 Å². The Morgan fingerprint density at radius 3 is 2.35 bits per heavy atom. The maximum atomic E-state index is 13.2. The lowest BCUT2D eigenvalue weighted by atomic mass is 10.1. The van der Waals surface area contributed by atoms with Crippen molar-refractivity contribution < 1.29 is 27.6 Å². The Hall–Kier alpha value is -5.98. The second-order valence-corrected chi connectivity index (χ2v) is 10.3. The molecule has 0 aliphatic rings. The number of allylic oxidation sites excluding steroid dienone is 1. The number of hydrogen-bond acceptors (Lipinski definition) is 7. The molecule has 3 amide bonds. The number of benzene rings is 3. The van der Waals surface area contributed by atoms with E-state index in [0.717, 1.165) is 18.2 Å². The van der Waals surface area contributed by atoms with Gasteiger partial charge in [0, 0.05) is 34.5 Å². The maximum Gasteiger partial charge on any atom is 0.416 e. The minimum Gasteiger partial charge on any atom is -0.366 e. The van der Waals surface area contributed by atoms with Crippen molar-refractivity contribution in [1.29, 1.82) is 0 Å². The fourth-order valence-corrected chi connectivity index (χ4v) is 4.27. The highest BCUT2D eigenvalue weighted by molar-refractivity contribution is 6.01. The second kappa shape index (κ2) is 17.1. The Bertz CT molecular complexity index is 1750. The highest BCUT2D eigenvalue weighted by Gasteiger charge is 2.30. The normalized spacial score (nSPS) is 12.1. The molecule has 5 N–H and O–H groups in total. The summed E-state index contributed by atoms with van der Waals surface area (Å²) in [5.74, 6) is -1.29. The topological polar surface area (TPSA) is 136 Å². The van der Waals surface area contributed by atoms with Crippen molar-refractivity contribution >= 4 is 53.4 Å². The molecule has 0 bridgehead atoms. The number of carbonyl (C=O) groups is 3. The van der Waals surface area contributed by atoms with E-state index < -0.39 is 29.6 Å². The smallest absolute Gasteiger partial charge is 0.366 e. The quantitative estimate of drug-likeness (QED) is 0.0934. The number of aliphatic imine (C=N–C) groups is 2. The third kappa shape index (κ3) is 10.8. The van der Waals surface area contributed by atoms with E-state index in [9.17, 15) is 27.6 Å². The highest BCUT2D eigenvalue weighted by atomic mass is 19.4. The molecular formula is C35H36F3N7O3. The number of nitrogens with zero attached hydrogens (tertiary/aromatic N) is 2. The molecule has 13 heteroatoms.